The second-order valence-corrected chi connectivity index (χ2v) is 11.9. The predicted octanol–water partition coefficient (Wildman–Crippen LogP) is 6.67. The number of ether oxygens (including phenoxy) is 2. The molecule has 0 bridgehead atoms. The lowest BCUT2D eigenvalue weighted by Gasteiger charge is -2.28. The lowest BCUT2D eigenvalue weighted by atomic mass is 9.99. The molecule has 2 N–H and O–H groups in total. The second kappa shape index (κ2) is 18.7. The largest absolute Gasteiger partial charge is 0.490 e. The number of nitrogens with one attached hydrogen (secondary N) is 1. The Bertz CT molecular complexity index is 1860. The molecule has 3 aromatic carbocycles. The van der Waals surface area contributed by atoms with Gasteiger partial charge in [-0.3, -0.25) is 19.3 Å². The van der Waals surface area contributed by atoms with Gasteiger partial charge in [0.05, 0.1) is 18.4 Å². The molecule has 11 heteroatoms. The van der Waals surface area contributed by atoms with Crippen molar-refractivity contribution in [2.75, 3.05) is 19.0 Å². The van der Waals surface area contributed by atoms with Crippen molar-refractivity contribution in [1.29, 1.82) is 0 Å². The molecule has 0 aromatic heterocycles. The van der Waals surface area contributed by atoms with Crippen LogP contribution in [0, 0.1) is 0 Å². The van der Waals surface area contributed by atoms with Gasteiger partial charge in [0.25, 0.3) is 11.8 Å². The summed E-state index contributed by atoms with van der Waals surface area (Å²) < 4.78 is 11.3. The lowest BCUT2D eigenvalue weighted by Crippen LogP contribution is -2.42. The van der Waals surface area contributed by atoms with Gasteiger partial charge >= 0.3 is 5.97 Å². The van der Waals surface area contributed by atoms with Gasteiger partial charge < -0.3 is 19.9 Å². The van der Waals surface area contributed by atoms with Gasteiger partial charge in [-0.2, -0.15) is 4.99 Å². The van der Waals surface area contributed by atoms with Gasteiger partial charge in [0, 0.05) is 11.3 Å². The molecule has 0 atom stereocenters. The first kappa shape index (κ1) is 37.9. The summed E-state index contributed by atoms with van der Waals surface area (Å²) in [7, 11) is 0. The molecular formula is C40H39N3O7S. The van der Waals surface area contributed by atoms with Crippen LogP contribution in [0.2, 0.25) is 0 Å². The maximum atomic E-state index is 14.2. The number of allylic oxidation sites excluding steroid dienone is 5. The van der Waals surface area contributed by atoms with E-state index in [4.69, 9.17) is 9.47 Å². The van der Waals surface area contributed by atoms with E-state index in [1.54, 1.807) is 56.4 Å². The first-order valence-electron chi connectivity index (χ1n) is 16.1. The molecule has 1 heterocycles. The summed E-state index contributed by atoms with van der Waals surface area (Å²) in [4.78, 5) is 57.9. The number of carboxylic acids is 1. The molecule has 1 aliphatic rings. The molecule has 1 aliphatic heterocycles. The third-order valence-electron chi connectivity index (χ3n) is 7.38. The number of benzene rings is 3. The van der Waals surface area contributed by atoms with E-state index in [0.717, 1.165) is 22.9 Å². The molecular weight excluding hydrogens is 667 g/mol. The van der Waals surface area contributed by atoms with Crippen LogP contribution in [0.15, 0.2) is 133 Å². The SMILES string of the molecule is C=C/C=C\C(=C/C)N1C(=O)/C(=C/c2cc(CC=C)c(OCC(=O)O)c(OCC)c2)C(=O)N=C1SCC(=O)NC(c1ccccc1)c1ccccc1. The standard InChI is InChI=1S/C40H39N3O7S/c1-5-9-21-31(7-3)43-39(48)32(23-27-22-30(16-6-2)37(50-25-35(45)46)33(24-27)49-8-4)38(47)42-40(43)51-26-34(44)41-36(28-17-12-10-13-18-28)29-19-14-11-15-20-29/h5-7,9-15,17-24,36H,1-2,8,16,25-26H2,3-4H3,(H,41,44)(H,45,46)/b21-9-,31-7+,32-23+. The number of rotatable bonds is 16. The number of thioether (sulfide) groups is 1. The summed E-state index contributed by atoms with van der Waals surface area (Å²) in [6.45, 7) is 10.6. The number of hydrogen-bond donors (Lipinski definition) is 2. The Kier molecular flexibility index (Phi) is 13.9. The van der Waals surface area contributed by atoms with E-state index in [2.05, 4.69) is 23.5 Å². The van der Waals surface area contributed by atoms with E-state index >= 15 is 0 Å². The van der Waals surface area contributed by atoms with Gasteiger partial charge in [-0.1, -0.05) is 103 Å². The van der Waals surface area contributed by atoms with Gasteiger partial charge in [0.2, 0.25) is 5.91 Å². The fourth-order valence-corrected chi connectivity index (χ4v) is 6.00. The minimum atomic E-state index is -1.16. The Labute approximate surface area is 301 Å². The summed E-state index contributed by atoms with van der Waals surface area (Å²) in [6.07, 6.45) is 9.85. The summed E-state index contributed by atoms with van der Waals surface area (Å²) in [5.41, 5.74) is 2.96. The summed E-state index contributed by atoms with van der Waals surface area (Å²) in [5.74, 6) is -2.58. The molecule has 51 heavy (non-hydrogen) atoms. The van der Waals surface area contributed by atoms with E-state index < -0.39 is 30.4 Å². The zero-order valence-electron chi connectivity index (χ0n) is 28.4. The van der Waals surface area contributed by atoms with Crippen LogP contribution >= 0.6 is 11.8 Å². The molecule has 0 spiro atoms. The molecule has 0 fully saturated rings. The Morgan fingerprint density at radius 2 is 1.69 bits per heavy atom. The minimum absolute atomic E-state index is 0.0369. The lowest BCUT2D eigenvalue weighted by molar-refractivity contribution is -0.139. The molecule has 4 rings (SSSR count). The number of amidine groups is 1. The molecule has 0 aliphatic carbocycles. The summed E-state index contributed by atoms with van der Waals surface area (Å²) in [5, 5.41) is 12.3. The number of carbonyl (C=O) groups excluding carboxylic acids is 3. The summed E-state index contributed by atoms with van der Waals surface area (Å²) in [6, 6.07) is 21.9. The van der Waals surface area contributed by atoms with Gasteiger partial charge in [0.1, 0.15) is 5.57 Å². The smallest absolute Gasteiger partial charge is 0.341 e. The van der Waals surface area contributed by atoms with Crippen molar-refractivity contribution in [2.24, 2.45) is 4.99 Å². The molecule has 262 valence electrons. The van der Waals surface area contributed by atoms with Crippen LogP contribution in [-0.2, 0) is 25.6 Å². The third-order valence-corrected chi connectivity index (χ3v) is 8.32. The maximum absolute atomic E-state index is 14.2. The highest BCUT2D eigenvalue weighted by Crippen LogP contribution is 2.35. The van der Waals surface area contributed by atoms with Crippen molar-refractivity contribution in [3.63, 3.8) is 0 Å². The normalized spacial score (nSPS) is 14.1. The van der Waals surface area contributed by atoms with E-state index in [0.29, 0.717) is 23.2 Å². The van der Waals surface area contributed by atoms with Crippen LogP contribution in [0.3, 0.4) is 0 Å². The number of aliphatic carboxylic acids is 1. The Hall–Kier alpha value is -5.94. The maximum Gasteiger partial charge on any atom is 0.341 e. The van der Waals surface area contributed by atoms with Crippen molar-refractivity contribution in [3.8, 4) is 11.5 Å². The van der Waals surface area contributed by atoms with Gasteiger partial charge in [-0.15, -0.1) is 6.58 Å². The monoisotopic (exact) mass is 705 g/mol. The molecule has 0 radical (unpaired) electrons. The Balaban J connectivity index is 1.69. The van der Waals surface area contributed by atoms with Gasteiger partial charge in [0.15, 0.2) is 23.3 Å². The number of hydrogen-bond acceptors (Lipinski definition) is 7. The van der Waals surface area contributed by atoms with E-state index in [1.807, 2.05) is 60.7 Å². The fraction of sp³-hybridized carbons (Fsp3) is 0.175. The van der Waals surface area contributed by atoms with Gasteiger partial charge in [-0.05, 0) is 61.2 Å². The minimum Gasteiger partial charge on any atom is -0.490 e. The van der Waals surface area contributed by atoms with E-state index in [9.17, 15) is 24.3 Å². The predicted molar refractivity (Wildman–Crippen MR) is 200 cm³/mol. The highest BCUT2D eigenvalue weighted by Gasteiger charge is 2.35. The zero-order chi connectivity index (χ0) is 36.8. The van der Waals surface area contributed by atoms with Crippen molar-refractivity contribution in [3.05, 3.63) is 150 Å². The highest BCUT2D eigenvalue weighted by atomic mass is 32.2. The third kappa shape index (κ3) is 10.1. The zero-order valence-corrected chi connectivity index (χ0v) is 29.2. The van der Waals surface area contributed by atoms with Crippen LogP contribution in [0.5, 0.6) is 11.5 Å². The summed E-state index contributed by atoms with van der Waals surface area (Å²) >= 11 is 0.966. The molecule has 0 saturated carbocycles. The van der Waals surface area contributed by atoms with E-state index in [-0.39, 0.29) is 40.5 Å². The molecule has 0 unspecified atom stereocenters. The quantitative estimate of drug-likeness (QED) is 0.0731. The van der Waals surface area contributed by atoms with Crippen LogP contribution in [0.4, 0.5) is 0 Å². The topological polar surface area (TPSA) is 135 Å². The molecule has 0 saturated heterocycles. The van der Waals surface area contributed by atoms with Crippen LogP contribution < -0.4 is 14.8 Å². The molecule has 10 nitrogen and oxygen atoms in total. The average Bonchev–Trinajstić information content (AvgIpc) is 3.13. The number of carboxylic acid groups (broad SMARTS) is 1. The number of nitrogens with zero attached hydrogens (tertiary/aromatic N) is 2. The van der Waals surface area contributed by atoms with Crippen molar-refractivity contribution in [2.45, 2.75) is 26.3 Å². The van der Waals surface area contributed by atoms with Crippen molar-refractivity contribution < 1.29 is 33.8 Å². The number of amides is 3. The number of carbonyl (C=O) groups is 4. The second-order valence-electron chi connectivity index (χ2n) is 10.9. The van der Waals surface area contributed by atoms with Crippen LogP contribution in [0.1, 0.15) is 42.1 Å². The first-order chi connectivity index (χ1) is 24.7. The van der Waals surface area contributed by atoms with Crippen molar-refractivity contribution in [1.82, 2.24) is 10.2 Å². The van der Waals surface area contributed by atoms with Crippen molar-refractivity contribution >= 4 is 46.7 Å². The highest BCUT2D eigenvalue weighted by molar-refractivity contribution is 8.14. The van der Waals surface area contributed by atoms with Crippen LogP contribution in [-0.4, -0.2) is 57.8 Å². The average molecular weight is 706 g/mol. The van der Waals surface area contributed by atoms with Gasteiger partial charge in [-0.25, -0.2) is 4.79 Å². The van der Waals surface area contributed by atoms with Crippen LogP contribution in [0.25, 0.3) is 6.08 Å². The number of aliphatic imine (C=N–C) groups is 1. The Morgan fingerprint density at radius 1 is 1.02 bits per heavy atom. The molecule has 3 aromatic rings. The van der Waals surface area contributed by atoms with E-state index in [1.165, 1.54) is 11.0 Å². The first-order valence-corrected chi connectivity index (χ1v) is 17.1. The molecule has 3 amide bonds. The fourth-order valence-electron chi connectivity index (χ4n) is 5.19. The Morgan fingerprint density at radius 3 is 2.25 bits per heavy atom.